The van der Waals surface area contributed by atoms with E-state index < -0.39 is 0 Å². The van der Waals surface area contributed by atoms with Crippen LogP contribution in [0.2, 0.25) is 0 Å². The number of ether oxygens (including phenoxy) is 1. The maximum atomic E-state index is 5.52. The lowest BCUT2D eigenvalue weighted by Crippen LogP contribution is -2.50. The van der Waals surface area contributed by atoms with E-state index in [0.717, 1.165) is 25.8 Å². The van der Waals surface area contributed by atoms with Gasteiger partial charge < -0.3 is 19.9 Å². The summed E-state index contributed by atoms with van der Waals surface area (Å²) in [4.78, 5) is 5.01. The van der Waals surface area contributed by atoms with E-state index >= 15 is 0 Å². The molecular formula is C14H29N3O. The number of hydrogen-bond acceptors (Lipinski definition) is 4. The average Bonchev–Trinajstić information content (AvgIpc) is 2.89. The first kappa shape index (κ1) is 14.3. The summed E-state index contributed by atoms with van der Waals surface area (Å²) in [6.45, 7) is 5.50. The predicted molar refractivity (Wildman–Crippen MR) is 74.9 cm³/mol. The highest BCUT2D eigenvalue weighted by Crippen LogP contribution is 2.19. The van der Waals surface area contributed by atoms with E-state index in [1.54, 1.807) is 0 Å². The molecule has 4 heteroatoms. The quantitative estimate of drug-likeness (QED) is 0.780. The van der Waals surface area contributed by atoms with Crippen molar-refractivity contribution in [1.29, 1.82) is 0 Å². The van der Waals surface area contributed by atoms with Gasteiger partial charge in [-0.1, -0.05) is 0 Å². The molecule has 2 heterocycles. The third kappa shape index (κ3) is 3.67. The van der Waals surface area contributed by atoms with E-state index in [-0.39, 0.29) is 0 Å². The molecule has 2 rings (SSSR count). The van der Waals surface area contributed by atoms with Crippen molar-refractivity contribution in [3.8, 4) is 0 Å². The Morgan fingerprint density at radius 3 is 2.89 bits per heavy atom. The lowest BCUT2D eigenvalue weighted by Gasteiger charge is -2.38. The summed E-state index contributed by atoms with van der Waals surface area (Å²) in [7, 11) is 6.61. The van der Waals surface area contributed by atoms with Gasteiger partial charge in [0.05, 0.1) is 6.61 Å². The van der Waals surface area contributed by atoms with Crippen molar-refractivity contribution in [2.45, 2.75) is 31.3 Å². The summed E-state index contributed by atoms with van der Waals surface area (Å²) in [5, 5.41) is 3.49. The molecule has 3 unspecified atom stereocenters. The van der Waals surface area contributed by atoms with Crippen LogP contribution in [0, 0.1) is 5.92 Å². The molecule has 2 aliphatic heterocycles. The van der Waals surface area contributed by atoms with Gasteiger partial charge in [-0.3, -0.25) is 0 Å². The van der Waals surface area contributed by atoms with Crippen LogP contribution in [0.5, 0.6) is 0 Å². The molecule has 1 N–H and O–H groups in total. The Morgan fingerprint density at radius 2 is 2.28 bits per heavy atom. The van der Waals surface area contributed by atoms with Gasteiger partial charge in [0.15, 0.2) is 0 Å². The van der Waals surface area contributed by atoms with Gasteiger partial charge >= 0.3 is 0 Å². The molecule has 0 aliphatic carbocycles. The molecule has 0 aromatic carbocycles. The number of nitrogens with one attached hydrogen (secondary N) is 1. The van der Waals surface area contributed by atoms with Crippen LogP contribution in [0.4, 0.5) is 0 Å². The standard InChI is InChI=1S/C14H29N3O/c1-15-14(12-6-8-18-11-12)10-17(3)13-5-4-7-16(2)9-13/h12-15H,4-11H2,1-3H3. The molecule has 0 amide bonds. The zero-order chi connectivity index (χ0) is 13.0. The SMILES string of the molecule is CNC(CN(C)C1CCCN(C)C1)C1CCOC1. The minimum absolute atomic E-state index is 0.574. The molecule has 18 heavy (non-hydrogen) atoms. The minimum atomic E-state index is 0.574. The summed E-state index contributed by atoms with van der Waals surface area (Å²) in [6.07, 6.45) is 3.89. The van der Waals surface area contributed by atoms with Gasteiger partial charge in [0.25, 0.3) is 0 Å². The Balaban J connectivity index is 1.82. The van der Waals surface area contributed by atoms with E-state index in [0.29, 0.717) is 12.0 Å². The van der Waals surface area contributed by atoms with Gasteiger partial charge in [-0.15, -0.1) is 0 Å². The summed E-state index contributed by atoms with van der Waals surface area (Å²) in [6, 6.07) is 1.30. The van der Waals surface area contributed by atoms with E-state index in [2.05, 4.69) is 36.3 Å². The number of likely N-dealkylation sites (N-methyl/N-ethyl adjacent to an activating group) is 3. The second kappa shape index (κ2) is 6.85. The zero-order valence-electron chi connectivity index (χ0n) is 12.2. The van der Waals surface area contributed by atoms with E-state index in [4.69, 9.17) is 4.74 Å². The number of piperidine rings is 1. The maximum Gasteiger partial charge on any atom is 0.0510 e. The molecule has 3 atom stereocenters. The van der Waals surface area contributed by atoms with Gasteiger partial charge in [0, 0.05) is 37.7 Å². The summed E-state index contributed by atoms with van der Waals surface area (Å²) in [5.41, 5.74) is 0. The van der Waals surface area contributed by atoms with Crippen LogP contribution in [0.3, 0.4) is 0 Å². The van der Waals surface area contributed by atoms with Crippen molar-refractivity contribution >= 4 is 0 Å². The van der Waals surface area contributed by atoms with Crippen LogP contribution in [0.25, 0.3) is 0 Å². The third-order valence-corrected chi connectivity index (χ3v) is 4.61. The van der Waals surface area contributed by atoms with E-state index in [1.165, 1.54) is 32.4 Å². The molecule has 2 fully saturated rings. The number of rotatable bonds is 5. The van der Waals surface area contributed by atoms with Crippen LogP contribution in [0.15, 0.2) is 0 Å². The topological polar surface area (TPSA) is 27.7 Å². The summed E-state index contributed by atoms with van der Waals surface area (Å²) >= 11 is 0. The van der Waals surface area contributed by atoms with Crippen LogP contribution in [-0.4, -0.2) is 75.9 Å². The minimum Gasteiger partial charge on any atom is -0.381 e. The first-order valence-electron chi connectivity index (χ1n) is 7.34. The van der Waals surface area contributed by atoms with E-state index in [1.807, 2.05) is 0 Å². The Morgan fingerprint density at radius 1 is 1.44 bits per heavy atom. The fraction of sp³-hybridized carbons (Fsp3) is 1.00. The van der Waals surface area contributed by atoms with Crippen molar-refractivity contribution < 1.29 is 4.74 Å². The molecule has 0 radical (unpaired) electrons. The fourth-order valence-corrected chi connectivity index (χ4v) is 3.30. The number of hydrogen-bond donors (Lipinski definition) is 1. The lowest BCUT2D eigenvalue weighted by atomic mass is 9.97. The molecule has 0 aromatic rings. The first-order chi connectivity index (χ1) is 8.70. The van der Waals surface area contributed by atoms with Crippen molar-refractivity contribution in [3.05, 3.63) is 0 Å². The van der Waals surface area contributed by atoms with Crippen molar-refractivity contribution in [2.75, 3.05) is 54.0 Å². The summed E-state index contributed by atoms with van der Waals surface area (Å²) < 4.78 is 5.52. The molecular weight excluding hydrogens is 226 g/mol. The van der Waals surface area contributed by atoms with E-state index in [9.17, 15) is 0 Å². The van der Waals surface area contributed by atoms with Crippen molar-refractivity contribution in [2.24, 2.45) is 5.92 Å². The van der Waals surface area contributed by atoms with Gasteiger partial charge in [-0.05, 0) is 47.0 Å². The van der Waals surface area contributed by atoms with Crippen LogP contribution in [0.1, 0.15) is 19.3 Å². The molecule has 2 saturated heterocycles. The van der Waals surface area contributed by atoms with Crippen LogP contribution < -0.4 is 5.32 Å². The lowest BCUT2D eigenvalue weighted by molar-refractivity contribution is 0.112. The number of nitrogens with zero attached hydrogens (tertiary/aromatic N) is 2. The highest BCUT2D eigenvalue weighted by Gasteiger charge is 2.28. The average molecular weight is 255 g/mol. The molecule has 106 valence electrons. The van der Waals surface area contributed by atoms with Crippen molar-refractivity contribution in [1.82, 2.24) is 15.1 Å². The summed E-state index contributed by atoms with van der Waals surface area (Å²) in [5.74, 6) is 0.693. The van der Waals surface area contributed by atoms with Crippen LogP contribution >= 0.6 is 0 Å². The largest absolute Gasteiger partial charge is 0.381 e. The Hall–Kier alpha value is -0.160. The van der Waals surface area contributed by atoms with Gasteiger partial charge in [-0.2, -0.15) is 0 Å². The Bertz CT molecular complexity index is 243. The molecule has 0 bridgehead atoms. The van der Waals surface area contributed by atoms with Crippen LogP contribution in [-0.2, 0) is 4.74 Å². The monoisotopic (exact) mass is 255 g/mol. The fourth-order valence-electron chi connectivity index (χ4n) is 3.30. The van der Waals surface area contributed by atoms with Gasteiger partial charge in [0.1, 0.15) is 0 Å². The second-order valence-electron chi connectivity index (χ2n) is 6.02. The molecule has 4 nitrogen and oxygen atoms in total. The molecule has 0 spiro atoms. The highest BCUT2D eigenvalue weighted by molar-refractivity contribution is 4.84. The highest BCUT2D eigenvalue weighted by atomic mass is 16.5. The Kier molecular flexibility index (Phi) is 5.42. The number of likely N-dealkylation sites (tertiary alicyclic amines) is 1. The normalized spacial score (nSPS) is 32.0. The van der Waals surface area contributed by atoms with Gasteiger partial charge in [0.2, 0.25) is 0 Å². The molecule has 0 saturated carbocycles. The van der Waals surface area contributed by atoms with Crippen molar-refractivity contribution in [3.63, 3.8) is 0 Å². The predicted octanol–water partition coefficient (Wildman–Crippen LogP) is 0.637. The third-order valence-electron chi connectivity index (χ3n) is 4.61. The maximum absolute atomic E-state index is 5.52. The van der Waals surface area contributed by atoms with Gasteiger partial charge in [-0.25, -0.2) is 0 Å². The Labute approximate surface area is 112 Å². The smallest absolute Gasteiger partial charge is 0.0510 e. The zero-order valence-corrected chi connectivity index (χ0v) is 12.2. The molecule has 0 aromatic heterocycles. The molecule has 2 aliphatic rings. The second-order valence-corrected chi connectivity index (χ2v) is 6.02. The first-order valence-corrected chi connectivity index (χ1v) is 7.34.